The lowest BCUT2D eigenvalue weighted by Crippen LogP contribution is -2.39. The molecule has 0 spiro atoms. The number of anilines is 2. The lowest BCUT2D eigenvalue weighted by molar-refractivity contribution is 0.597. The van der Waals surface area contributed by atoms with Crippen molar-refractivity contribution in [3.05, 3.63) is 62.3 Å². The Morgan fingerprint density at radius 2 is 1.96 bits per heavy atom. The van der Waals surface area contributed by atoms with E-state index in [4.69, 9.17) is 4.98 Å². The number of hydrogen-bond acceptors (Lipinski definition) is 4. The van der Waals surface area contributed by atoms with Crippen molar-refractivity contribution < 1.29 is 0 Å². The maximum Gasteiger partial charge on any atom is 0.332 e. The van der Waals surface area contributed by atoms with E-state index in [0.29, 0.717) is 17.7 Å². The van der Waals surface area contributed by atoms with Gasteiger partial charge in [-0.25, -0.2) is 4.79 Å². The van der Waals surface area contributed by atoms with Gasteiger partial charge in [0.25, 0.3) is 5.56 Å². The van der Waals surface area contributed by atoms with Crippen molar-refractivity contribution in [2.45, 2.75) is 40.3 Å². The minimum atomic E-state index is -0.343. The average Bonchev–Trinajstić information content (AvgIpc) is 3.08. The van der Waals surface area contributed by atoms with Crippen LogP contribution in [-0.2, 0) is 20.1 Å². The van der Waals surface area contributed by atoms with Crippen LogP contribution in [0.1, 0.15) is 24.5 Å². The first-order valence-corrected chi connectivity index (χ1v) is 9.60. The van der Waals surface area contributed by atoms with Gasteiger partial charge in [0.15, 0.2) is 11.2 Å². The fraction of sp³-hybridized carbons (Fsp3) is 0.381. The molecular weight excluding hydrogens is 354 g/mol. The van der Waals surface area contributed by atoms with Gasteiger partial charge in [0, 0.05) is 32.4 Å². The van der Waals surface area contributed by atoms with Crippen molar-refractivity contribution in [3.63, 3.8) is 0 Å². The number of rotatable bonds is 3. The van der Waals surface area contributed by atoms with Crippen molar-refractivity contribution in [1.82, 2.24) is 18.7 Å². The highest BCUT2D eigenvalue weighted by molar-refractivity contribution is 5.77. The first-order chi connectivity index (χ1) is 13.5. The second-order valence-electron chi connectivity index (χ2n) is 7.29. The summed E-state index contributed by atoms with van der Waals surface area (Å²) < 4.78 is 4.72. The summed E-state index contributed by atoms with van der Waals surface area (Å²) in [5, 5.41) is 0. The smallest absolute Gasteiger partial charge is 0.312 e. The van der Waals surface area contributed by atoms with Gasteiger partial charge < -0.3 is 9.47 Å². The van der Waals surface area contributed by atoms with Gasteiger partial charge in [0.2, 0.25) is 5.95 Å². The highest BCUT2D eigenvalue weighted by Crippen LogP contribution is 2.33. The molecule has 3 heterocycles. The van der Waals surface area contributed by atoms with Gasteiger partial charge in [0.05, 0.1) is 0 Å². The van der Waals surface area contributed by atoms with E-state index < -0.39 is 0 Å². The van der Waals surface area contributed by atoms with Crippen LogP contribution < -0.4 is 16.1 Å². The number of imidazole rings is 1. The third-order valence-electron chi connectivity index (χ3n) is 5.61. The van der Waals surface area contributed by atoms with Crippen LogP contribution in [0.25, 0.3) is 11.2 Å². The van der Waals surface area contributed by atoms with E-state index in [1.165, 1.54) is 20.3 Å². The third-order valence-corrected chi connectivity index (χ3v) is 5.61. The number of fused-ring (bicyclic) bond motifs is 3. The second-order valence-corrected chi connectivity index (χ2v) is 7.29. The monoisotopic (exact) mass is 379 g/mol. The SMILES string of the molecule is C/C=C\Cn1c(=O)c2c(nc3n2CCCN3c2cccc(C)c2C)n(C)c1=O. The van der Waals surface area contributed by atoms with E-state index >= 15 is 0 Å². The fourth-order valence-electron chi connectivity index (χ4n) is 3.89. The largest absolute Gasteiger partial charge is 0.332 e. The predicted molar refractivity (Wildman–Crippen MR) is 112 cm³/mol. The van der Waals surface area contributed by atoms with E-state index in [1.807, 2.05) is 29.7 Å². The Bertz CT molecular complexity index is 1210. The van der Waals surface area contributed by atoms with E-state index in [0.717, 1.165) is 24.6 Å². The van der Waals surface area contributed by atoms with Crippen molar-refractivity contribution >= 4 is 22.8 Å². The number of aryl methyl sites for hydroxylation is 3. The fourth-order valence-corrected chi connectivity index (χ4v) is 3.89. The van der Waals surface area contributed by atoms with Gasteiger partial charge in [-0.3, -0.25) is 13.9 Å². The summed E-state index contributed by atoms with van der Waals surface area (Å²) in [6.45, 7) is 7.87. The van der Waals surface area contributed by atoms with Crippen LogP contribution in [0.5, 0.6) is 0 Å². The topological polar surface area (TPSA) is 65.1 Å². The molecule has 1 aliphatic rings. The molecule has 0 unspecified atom stereocenters. The highest BCUT2D eigenvalue weighted by Gasteiger charge is 2.27. The lowest BCUT2D eigenvalue weighted by Gasteiger charge is -2.30. The number of allylic oxidation sites excluding steroid dienone is 2. The molecule has 0 radical (unpaired) electrons. The Kier molecular flexibility index (Phi) is 4.45. The molecule has 28 heavy (non-hydrogen) atoms. The van der Waals surface area contributed by atoms with E-state index in [1.54, 1.807) is 7.05 Å². The molecule has 7 nitrogen and oxygen atoms in total. The van der Waals surface area contributed by atoms with Gasteiger partial charge in [-0.1, -0.05) is 24.3 Å². The quantitative estimate of drug-likeness (QED) is 0.656. The van der Waals surface area contributed by atoms with Crippen LogP contribution in [0.4, 0.5) is 11.6 Å². The number of benzene rings is 1. The summed E-state index contributed by atoms with van der Waals surface area (Å²) in [5.41, 5.74) is 3.82. The van der Waals surface area contributed by atoms with Gasteiger partial charge in [-0.15, -0.1) is 0 Å². The number of hydrogen-bond donors (Lipinski definition) is 0. The maximum atomic E-state index is 13.1. The van der Waals surface area contributed by atoms with Crippen LogP contribution in [0.3, 0.4) is 0 Å². The van der Waals surface area contributed by atoms with E-state index in [9.17, 15) is 9.59 Å². The van der Waals surface area contributed by atoms with Crippen molar-refractivity contribution in [2.75, 3.05) is 11.4 Å². The molecule has 0 saturated heterocycles. The first kappa shape index (κ1) is 18.3. The van der Waals surface area contributed by atoms with Crippen LogP contribution in [0.2, 0.25) is 0 Å². The van der Waals surface area contributed by atoms with Crippen molar-refractivity contribution in [2.24, 2.45) is 7.05 Å². The zero-order chi connectivity index (χ0) is 20.0. The molecule has 0 aliphatic carbocycles. The average molecular weight is 379 g/mol. The number of aromatic nitrogens is 4. The zero-order valence-corrected chi connectivity index (χ0v) is 16.8. The van der Waals surface area contributed by atoms with Crippen molar-refractivity contribution in [3.8, 4) is 0 Å². The maximum absolute atomic E-state index is 13.1. The van der Waals surface area contributed by atoms with Crippen LogP contribution in [-0.4, -0.2) is 25.2 Å². The van der Waals surface area contributed by atoms with Crippen molar-refractivity contribution in [1.29, 1.82) is 0 Å². The molecular formula is C21H25N5O2. The molecule has 0 fully saturated rings. The normalized spacial score (nSPS) is 14.2. The summed E-state index contributed by atoms with van der Waals surface area (Å²) in [6, 6.07) is 6.22. The van der Waals surface area contributed by atoms with Crippen LogP contribution in [0.15, 0.2) is 39.9 Å². The molecule has 2 aromatic heterocycles. The first-order valence-electron chi connectivity index (χ1n) is 9.60. The highest BCUT2D eigenvalue weighted by atomic mass is 16.2. The predicted octanol–water partition coefficient (Wildman–Crippen LogP) is 2.63. The van der Waals surface area contributed by atoms with Gasteiger partial charge in [-0.2, -0.15) is 4.98 Å². The lowest BCUT2D eigenvalue weighted by atomic mass is 10.1. The molecule has 7 heteroatoms. The molecule has 4 rings (SSSR count). The van der Waals surface area contributed by atoms with Gasteiger partial charge >= 0.3 is 5.69 Å². The van der Waals surface area contributed by atoms with E-state index in [2.05, 4.69) is 30.9 Å². The summed E-state index contributed by atoms with van der Waals surface area (Å²) in [7, 11) is 1.68. The van der Waals surface area contributed by atoms with Gasteiger partial charge in [-0.05, 0) is 44.4 Å². The zero-order valence-electron chi connectivity index (χ0n) is 16.8. The summed E-state index contributed by atoms with van der Waals surface area (Å²) in [6.07, 6.45) is 4.55. The minimum absolute atomic E-state index is 0.263. The Hall–Kier alpha value is -3.09. The van der Waals surface area contributed by atoms with Crippen LogP contribution >= 0.6 is 0 Å². The molecule has 3 aromatic rings. The Balaban J connectivity index is 2.00. The third kappa shape index (κ3) is 2.61. The molecule has 1 aliphatic heterocycles. The molecule has 0 bridgehead atoms. The molecule has 0 N–H and O–H groups in total. The second kappa shape index (κ2) is 6.82. The number of nitrogens with zero attached hydrogens (tertiary/aromatic N) is 5. The molecule has 0 atom stereocenters. The van der Waals surface area contributed by atoms with Crippen LogP contribution in [0, 0.1) is 13.8 Å². The minimum Gasteiger partial charge on any atom is -0.312 e. The Labute approximate surface area is 163 Å². The summed E-state index contributed by atoms with van der Waals surface area (Å²) >= 11 is 0. The Morgan fingerprint density at radius 3 is 2.71 bits per heavy atom. The molecule has 0 saturated carbocycles. The summed E-state index contributed by atoms with van der Waals surface area (Å²) in [5.74, 6) is 0.728. The standard InChI is InChI=1S/C21H25N5O2/c1-5-6-11-26-19(27)17-18(23(4)21(26)28)22-20-24(12-8-13-25(17)20)16-10-7-9-14(2)15(16)3/h5-7,9-10H,8,11-13H2,1-4H3/b6-5-. The molecule has 1 aromatic carbocycles. The molecule has 0 amide bonds. The summed E-state index contributed by atoms with van der Waals surface area (Å²) in [4.78, 5) is 32.7. The Morgan fingerprint density at radius 1 is 1.18 bits per heavy atom. The van der Waals surface area contributed by atoms with Gasteiger partial charge in [0.1, 0.15) is 0 Å². The molecule has 146 valence electrons. The van der Waals surface area contributed by atoms with E-state index in [-0.39, 0.29) is 17.8 Å².